The predicted octanol–water partition coefficient (Wildman–Crippen LogP) is 11.0. The Kier molecular flexibility index (Phi) is 12.7. The lowest BCUT2D eigenvalue weighted by molar-refractivity contribution is -0.463. The lowest BCUT2D eigenvalue weighted by Gasteiger charge is -2.44. The molecule has 0 aromatic carbocycles. The van der Waals surface area contributed by atoms with Crippen molar-refractivity contribution in [3.05, 3.63) is 0 Å². The first kappa shape index (κ1) is 38.5. The lowest BCUT2D eigenvalue weighted by Crippen LogP contribution is -2.75. The molecule has 0 N–H and O–H groups in total. The highest BCUT2D eigenvalue weighted by molar-refractivity contribution is 14.1. The third kappa shape index (κ3) is 6.96. The van der Waals surface area contributed by atoms with Gasteiger partial charge in [-0.25, -0.2) is 0 Å². The standard InChI is InChI=1S/C21H26F17I/c1-3-4-5-6-7-8-9-10-11-13(39)12(2)14(22,23)15(24,25)16(26,27)17(28,29)18(30,31)19(32,33)20(34,35)21(36,37)38/h12-13H,3-11H2,1-2H3. The quantitative estimate of drug-likeness (QED) is 0.0606. The molecule has 0 aliphatic rings. The van der Waals surface area contributed by atoms with Crippen molar-refractivity contribution in [2.24, 2.45) is 5.92 Å². The molecule has 0 aliphatic carbocycles. The summed E-state index contributed by atoms with van der Waals surface area (Å²) < 4.78 is 227. The smallest absolute Gasteiger partial charge is 0.199 e. The van der Waals surface area contributed by atoms with Crippen LogP contribution >= 0.6 is 22.6 Å². The molecule has 0 saturated carbocycles. The Balaban J connectivity index is 5.95. The molecule has 0 aromatic rings. The molecule has 0 radical (unpaired) electrons. The average molecular weight is 728 g/mol. The van der Waals surface area contributed by atoms with Gasteiger partial charge in [-0.2, -0.15) is 74.6 Å². The Hall–Kier alpha value is -0.460. The summed E-state index contributed by atoms with van der Waals surface area (Å²) in [7, 11) is 0. The third-order valence-corrected chi connectivity index (χ3v) is 7.90. The van der Waals surface area contributed by atoms with E-state index in [0.717, 1.165) is 54.7 Å². The van der Waals surface area contributed by atoms with Crippen LogP contribution in [0.5, 0.6) is 0 Å². The molecule has 0 rings (SSSR count). The summed E-state index contributed by atoms with van der Waals surface area (Å²) in [6.07, 6.45) is -2.72. The van der Waals surface area contributed by atoms with Gasteiger partial charge in [0.15, 0.2) is 0 Å². The van der Waals surface area contributed by atoms with Crippen molar-refractivity contribution in [1.82, 2.24) is 0 Å². The van der Waals surface area contributed by atoms with Gasteiger partial charge in [0.25, 0.3) is 0 Å². The Labute approximate surface area is 226 Å². The minimum atomic E-state index is -8.59. The zero-order valence-corrected chi connectivity index (χ0v) is 22.5. The van der Waals surface area contributed by atoms with Crippen LogP contribution in [0.25, 0.3) is 0 Å². The maximum absolute atomic E-state index is 14.4. The molecule has 0 heterocycles. The third-order valence-electron chi connectivity index (χ3n) is 6.19. The molecule has 0 fully saturated rings. The van der Waals surface area contributed by atoms with Crippen LogP contribution in [0, 0.1) is 5.92 Å². The molecule has 2 atom stereocenters. The topological polar surface area (TPSA) is 0 Å². The van der Waals surface area contributed by atoms with Crippen molar-refractivity contribution in [3.63, 3.8) is 0 Å². The van der Waals surface area contributed by atoms with Crippen molar-refractivity contribution in [1.29, 1.82) is 0 Å². The molecular weight excluding hydrogens is 702 g/mol. The van der Waals surface area contributed by atoms with E-state index in [4.69, 9.17) is 0 Å². The molecule has 236 valence electrons. The van der Waals surface area contributed by atoms with Crippen molar-refractivity contribution < 1.29 is 74.6 Å². The Morgan fingerprint density at radius 1 is 0.462 bits per heavy atom. The first-order chi connectivity index (χ1) is 17.1. The van der Waals surface area contributed by atoms with Crippen LogP contribution in [-0.2, 0) is 0 Å². The Morgan fingerprint density at radius 3 is 1.13 bits per heavy atom. The second kappa shape index (κ2) is 12.8. The molecule has 39 heavy (non-hydrogen) atoms. The summed E-state index contributed by atoms with van der Waals surface area (Å²) in [5.41, 5.74) is 0. The zero-order valence-electron chi connectivity index (χ0n) is 20.3. The second-order valence-corrected chi connectivity index (χ2v) is 10.7. The van der Waals surface area contributed by atoms with Crippen molar-refractivity contribution in [2.45, 2.75) is 123 Å². The fourth-order valence-electron chi connectivity index (χ4n) is 3.41. The molecular formula is C21H26F17I. The summed E-state index contributed by atoms with van der Waals surface area (Å²) >= 11 is 1.07. The van der Waals surface area contributed by atoms with E-state index in [1.807, 2.05) is 6.92 Å². The zero-order chi connectivity index (χ0) is 31.5. The van der Waals surface area contributed by atoms with Gasteiger partial charge in [0, 0.05) is 9.84 Å². The van der Waals surface area contributed by atoms with Gasteiger partial charge < -0.3 is 0 Å². The van der Waals surface area contributed by atoms with Gasteiger partial charge in [-0.1, -0.05) is 87.8 Å². The second-order valence-electron chi connectivity index (χ2n) is 9.14. The number of hydrogen-bond donors (Lipinski definition) is 0. The van der Waals surface area contributed by atoms with Gasteiger partial charge in [0.1, 0.15) is 0 Å². The van der Waals surface area contributed by atoms with Crippen LogP contribution in [0.15, 0.2) is 0 Å². The van der Waals surface area contributed by atoms with Crippen LogP contribution < -0.4 is 0 Å². The van der Waals surface area contributed by atoms with Gasteiger partial charge in [0.2, 0.25) is 0 Å². The molecule has 0 amide bonds. The molecule has 0 spiro atoms. The van der Waals surface area contributed by atoms with E-state index in [1.165, 1.54) is 0 Å². The molecule has 18 heteroatoms. The Morgan fingerprint density at radius 2 is 0.769 bits per heavy atom. The maximum atomic E-state index is 14.4. The molecule has 0 saturated heterocycles. The van der Waals surface area contributed by atoms with Gasteiger partial charge in [-0.05, 0) is 6.42 Å². The fourth-order valence-corrected chi connectivity index (χ4v) is 4.30. The summed E-state index contributed by atoms with van der Waals surface area (Å²) in [5, 5.41) is 0. The molecule has 0 bridgehead atoms. The van der Waals surface area contributed by atoms with Gasteiger partial charge in [0.05, 0.1) is 0 Å². The lowest BCUT2D eigenvalue weighted by atomic mass is 9.84. The molecule has 0 aromatic heterocycles. The number of halogens is 18. The number of unbranched alkanes of at least 4 members (excludes halogenated alkanes) is 7. The van der Waals surface area contributed by atoms with Crippen molar-refractivity contribution >= 4 is 22.6 Å². The van der Waals surface area contributed by atoms with Crippen LogP contribution in [0.1, 0.15) is 71.6 Å². The average Bonchev–Trinajstić information content (AvgIpc) is 2.78. The van der Waals surface area contributed by atoms with E-state index in [9.17, 15) is 74.6 Å². The largest absolute Gasteiger partial charge is 0.460 e. The molecule has 0 nitrogen and oxygen atoms in total. The van der Waals surface area contributed by atoms with Gasteiger partial charge in [-0.3, -0.25) is 0 Å². The highest BCUT2D eigenvalue weighted by Gasteiger charge is 2.95. The predicted molar refractivity (Wildman–Crippen MR) is 115 cm³/mol. The Bertz CT molecular complexity index is 760. The van der Waals surface area contributed by atoms with Gasteiger partial charge >= 0.3 is 47.6 Å². The fraction of sp³-hybridized carbons (Fsp3) is 1.00. The highest BCUT2D eigenvalue weighted by Crippen LogP contribution is 2.64. The van der Waals surface area contributed by atoms with E-state index < -0.39 is 57.5 Å². The summed E-state index contributed by atoms with van der Waals surface area (Å²) in [6.45, 7) is 2.11. The number of alkyl halides is 18. The number of hydrogen-bond acceptors (Lipinski definition) is 0. The summed E-state index contributed by atoms with van der Waals surface area (Å²) in [5.74, 6) is -58.9. The van der Waals surface area contributed by atoms with E-state index in [-0.39, 0.29) is 19.8 Å². The maximum Gasteiger partial charge on any atom is 0.460 e. The number of rotatable bonds is 17. The van der Waals surface area contributed by atoms with E-state index in [0.29, 0.717) is 12.8 Å². The minimum Gasteiger partial charge on any atom is -0.199 e. The highest BCUT2D eigenvalue weighted by atomic mass is 127. The van der Waals surface area contributed by atoms with Crippen LogP contribution in [0.3, 0.4) is 0 Å². The van der Waals surface area contributed by atoms with Crippen LogP contribution in [-0.4, -0.2) is 51.6 Å². The molecule has 2 unspecified atom stereocenters. The van der Waals surface area contributed by atoms with Crippen LogP contribution in [0.2, 0.25) is 0 Å². The minimum absolute atomic E-state index is 0.0662. The SMILES string of the molecule is CCCCCCCCCCC(I)C(C)C(F)(F)C(F)(F)C(F)(F)C(F)(F)C(F)(F)C(F)(F)C(F)(F)C(F)(F)F. The van der Waals surface area contributed by atoms with E-state index in [1.54, 1.807) is 0 Å². The van der Waals surface area contributed by atoms with Gasteiger partial charge in [-0.15, -0.1) is 0 Å². The normalized spacial score (nSPS) is 16.9. The van der Waals surface area contributed by atoms with Crippen LogP contribution in [0.4, 0.5) is 74.6 Å². The van der Waals surface area contributed by atoms with Crippen molar-refractivity contribution in [3.8, 4) is 0 Å². The van der Waals surface area contributed by atoms with Crippen molar-refractivity contribution in [2.75, 3.05) is 0 Å². The monoisotopic (exact) mass is 728 g/mol. The first-order valence-electron chi connectivity index (χ1n) is 11.5. The van der Waals surface area contributed by atoms with E-state index >= 15 is 0 Å². The van der Waals surface area contributed by atoms with E-state index in [2.05, 4.69) is 0 Å². The molecule has 0 aliphatic heterocycles. The summed E-state index contributed by atoms with van der Waals surface area (Å²) in [6, 6.07) is 0. The first-order valence-corrected chi connectivity index (χ1v) is 12.7. The summed E-state index contributed by atoms with van der Waals surface area (Å²) in [4.78, 5) is 0.